The van der Waals surface area contributed by atoms with Crippen molar-refractivity contribution in [3.8, 4) is 0 Å². The van der Waals surface area contributed by atoms with Gasteiger partial charge in [-0.1, -0.05) is 0 Å². The number of carbonyl (C=O) groups excluding carboxylic acids is 2. The van der Waals surface area contributed by atoms with E-state index in [0.717, 1.165) is 30.1 Å². The van der Waals surface area contributed by atoms with Gasteiger partial charge in [-0.3, -0.25) is 9.74 Å². The van der Waals surface area contributed by atoms with Crippen molar-refractivity contribution >= 4 is 23.5 Å². The summed E-state index contributed by atoms with van der Waals surface area (Å²) in [4.78, 5) is 36.8. The molecule has 0 radical (unpaired) electrons. The highest BCUT2D eigenvalue weighted by molar-refractivity contribution is 5.90. The molecule has 0 saturated carbocycles. The molecule has 0 spiro atoms. The molecule has 3 aliphatic rings. The van der Waals surface area contributed by atoms with E-state index in [-0.39, 0.29) is 56.7 Å². The number of piperazine rings is 1. The number of urea groups is 1. The SMILES string of the molecule is CN1CCN(C(=O)N2CCN(c3c(F)cc(N4C[C@H](CN)OC4=O)cc3F)CCO2)CC1. The highest BCUT2D eigenvalue weighted by Gasteiger charge is 2.33. The Morgan fingerprint density at radius 1 is 1.09 bits per heavy atom. The van der Waals surface area contributed by atoms with Gasteiger partial charge in [0.05, 0.1) is 25.4 Å². The fraction of sp³-hybridized carbons (Fsp3) is 0.600. The van der Waals surface area contributed by atoms with Gasteiger partial charge in [-0.2, -0.15) is 0 Å². The first-order valence-corrected chi connectivity index (χ1v) is 10.7. The zero-order valence-corrected chi connectivity index (χ0v) is 18.0. The molecule has 3 fully saturated rings. The number of hydroxylamine groups is 2. The normalized spacial score (nSPS) is 22.9. The average molecular weight is 454 g/mol. The van der Waals surface area contributed by atoms with Crippen molar-refractivity contribution in [2.75, 3.05) is 82.4 Å². The van der Waals surface area contributed by atoms with Crippen LogP contribution in [0.1, 0.15) is 0 Å². The van der Waals surface area contributed by atoms with Gasteiger partial charge in [-0.05, 0) is 7.05 Å². The number of anilines is 2. The summed E-state index contributed by atoms with van der Waals surface area (Å²) in [7, 11) is 2.00. The molecule has 176 valence electrons. The van der Waals surface area contributed by atoms with Crippen LogP contribution in [0.3, 0.4) is 0 Å². The van der Waals surface area contributed by atoms with Crippen molar-refractivity contribution in [1.82, 2.24) is 14.9 Å². The third-order valence-corrected chi connectivity index (χ3v) is 5.94. The number of nitrogens with zero attached hydrogens (tertiary/aromatic N) is 5. The summed E-state index contributed by atoms with van der Waals surface area (Å²) in [5.41, 5.74) is 5.37. The first-order valence-electron chi connectivity index (χ1n) is 10.7. The molecule has 1 aromatic rings. The van der Waals surface area contributed by atoms with Crippen LogP contribution in [-0.4, -0.2) is 106 Å². The summed E-state index contributed by atoms with van der Waals surface area (Å²) < 4.78 is 35.0. The molecule has 0 unspecified atom stereocenters. The maximum atomic E-state index is 15.0. The maximum Gasteiger partial charge on any atom is 0.414 e. The van der Waals surface area contributed by atoms with E-state index in [9.17, 15) is 18.4 Å². The zero-order chi connectivity index (χ0) is 22.8. The minimum absolute atomic E-state index is 0.0719. The third kappa shape index (κ3) is 4.57. The quantitative estimate of drug-likeness (QED) is 0.717. The minimum Gasteiger partial charge on any atom is -0.443 e. The summed E-state index contributed by atoms with van der Waals surface area (Å²) in [5, 5.41) is 1.27. The van der Waals surface area contributed by atoms with E-state index in [0.29, 0.717) is 13.1 Å². The number of amides is 3. The van der Waals surface area contributed by atoms with Crippen molar-refractivity contribution in [3.63, 3.8) is 0 Å². The minimum atomic E-state index is -0.803. The van der Waals surface area contributed by atoms with Crippen molar-refractivity contribution in [2.45, 2.75) is 6.10 Å². The summed E-state index contributed by atoms with van der Waals surface area (Å²) in [6.45, 7) is 3.72. The van der Waals surface area contributed by atoms with E-state index in [1.807, 2.05) is 7.05 Å². The van der Waals surface area contributed by atoms with E-state index in [4.69, 9.17) is 15.3 Å². The highest BCUT2D eigenvalue weighted by atomic mass is 19.1. The topological polar surface area (TPSA) is 94.8 Å². The van der Waals surface area contributed by atoms with Gasteiger partial charge >= 0.3 is 12.1 Å². The Labute approximate surface area is 184 Å². The number of likely N-dealkylation sites (N-methyl/N-ethyl adjacent to an activating group) is 1. The molecule has 10 nitrogen and oxygen atoms in total. The lowest BCUT2D eigenvalue weighted by Gasteiger charge is -2.35. The summed E-state index contributed by atoms with van der Waals surface area (Å²) in [5.74, 6) is -1.61. The van der Waals surface area contributed by atoms with Crippen LogP contribution >= 0.6 is 0 Å². The van der Waals surface area contributed by atoms with E-state index in [2.05, 4.69) is 4.90 Å². The number of benzene rings is 1. The number of rotatable bonds is 3. The molecule has 4 rings (SSSR count). The lowest BCUT2D eigenvalue weighted by Crippen LogP contribution is -2.52. The summed E-state index contributed by atoms with van der Waals surface area (Å²) in [6.07, 6.45) is -1.20. The number of nitrogens with two attached hydrogens (primary N) is 1. The Bertz CT molecular complexity index is 843. The van der Waals surface area contributed by atoms with Gasteiger partial charge in [0, 0.05) is 57.9 Å². The van der Waals surface area contributed by atoms with Gasteiger partial charge in [-0.15, -0.1) is 0 Å². The largest absolute Gasteiger partial charge is 0.443 e. The first kappa shape index (κ1) is 22.5. The lowest BCUT2D eigenvalue weighted by atomic mass is 10.2. The van der Waals surface area contributed by atoms with Crippen molar-refractivity contribution in [1.29, 1.82) is 0 Å². The van der Waals surface area contributed by atoms with Crippen molar-refractivity contribution < 1.29 is 27.9 Å². The Kier molecular flexibility index (Phi) is 6.63. The monoisotopic (exact) mass is 454 g/mol. The molecular weight excluding hydrogens is 426 g/mol. The predicted octanol–water partition coefficient (Wildman–Crippen LogP) is 0.670. The van der Waals surface area contributed by atoms with Gasteiger partial charge in [0.25, 0.3) is 0 Å². The number of ether oxygens (including phenoxy) is 1. The fourth-order valence-corrected chi connectivity index (χ4v) is 4.04. The van der Waals surface area contributed by atoms with Gasteiger partial charge in [0.1, 0.15) is 11.8 Å². The lowest BCUT2D eigenvalue weighted by molar-refractivity contribution is -0.115. The number of halogens is 2. The zero-order valence-electron chi connectivity index (χ0n) is 18.0. The van der Waals surface area contributed by atoms with Crippen LogP contribution in [0.25, 0.3) is 0 Å². The molecule has 3 amide bonds. The van der Waals surface area contributed by atoms with Crippen LogP contribution in [0.2, 0.25) is 0 Å². The van der Waals surface area contributed by atoms with E-state index in [1.54, 1.807) is 4.90 Å². The average Bonchev–Trinajstić information content (AvgIpc) is 2.99. The van der Waals surface area contributed by atoms with Gasteiger partial charge in [-0.25, -0.2) is 23.4 Å². The molecule has 12 heteroatoms. The molecule has 32 heavy (non-hydrogen) atoms. The van der Waals surface area contributed by atoms with Gasteiger partial charge in [0.15, 0.2) is 11.6 Å². The molecule has 0 aliphatic carbocycles. The molecule has 0 aromatic heterocycles. The summed E-state index contributed by atoms with van der Waals surface area (Å²) in [6, 6.07) is 1.98. The van der Waals surface area contributed by atoms with Crippen molar-refractivity contribution in [3.05, 3.63) is 23.8 Å². The molecule has 3 heterocycles. The molecular formula is C20H28F2N6O4. The predicted molar refractivity (Wildman–Crippen MR) is 112 cm³/mol. The van der Waals surface area contributed by atoms with Gasteiger partial charge in [0.2, 0.25) is 0 Å². The standard InChI is InChI=1S/C20H28F2N6O4/c1-24-2-4-26(5-3-24)19(29)28-7-6-25(8-9-31-28)18-16(21)10-14(11-17(18)22)27-13-15(12-23)32-20(27)30/h10-11,15H,2-9,12-13,23H2,1H3/t15-/m0/s1. The third-order valence-electron chi connectivity index (χ3n) is 5.94. The van der Waals surface area contributed by atoms with E-state index in [1.165, 1.54) is 9.96 Å². The molecule has 3 aliphatic heterocycles. The second-order valence-electron chi connectivity index (χ2n) is 8.11. The first-order chi connectivity index (χ1) is 15.4. The maximum absolute atomic E-state index is 15.0. The number of carbonyl (C=O) groups is 2. The fourth-order valence-electron chi connectivity index (χ4n) is 4.04. The van der Waals surface area contributed by atoms with Crippen LogP contribution in [0.5, 0.6) is 0 Å². The van der Waals surface area contributed by atoms with E-state index >= 15 is 0 Å². The van der Waals surface area contributed by atoms with Crippen LogP contribution in [0.4, 0.5) is 29.7 Å². The van der Waals surface area contributed by atoms with Crippen LogP contribution in [-0.2, 0) is 9.57 Å². The Hall–Kier alpha value is -2.70. The second kappa shape index (κ2) is 9.43. The molecule has 3 saturated heterocycles. The van der Waals surface area contributed by atoms with E-state index < -0.39 is 23.8 Å². The van der Waals surface area contributed by atoms with Gasteiger partial charge < -0.3 is 25.2 Å². The molecule has 2 N–H and O–H groups in total. The molecule has 0 bridgehead atoms. The van der Waals surface area contributed by atoms with Crippen LogP contribution in [0.15, 0.2) is 12.1 Å². The Morgan fingerprint density at radius 3 is 2.41 bits per heavy atom. The second-order valence-corrected chi connectivity index (χ2v) is 8.11. The number of hydrogen-bond donors (Lipinski definition) is 1. The molecule has 1 aromatic carbocycles. The summed E-state index contributed by atoms with van der Waals surface area (Å²) >= 11 is 0. The molecule has 1 atom stereocenters. The Morgan fingerprint density at radius 2 is 1.78 bits per heavy atom. The Balaban J connectivity index is 1.44. The number of cyclic esters (lactones) is 1. The van der Waals surface area contributed by atoms with Crippen LogP contribution in [0, 0.1) is 11.6 Å². The number of hydrogen-bond acceptors (Lipinski definition) is 7. The smallest absolute Gasteiger partial charge is 0.414 e. The van der Waals surface area contributed by atoms with Crippen molar-refractivity contribution in [2.24, 2.45) is 5.73 Å². The van der Waals surface area contributed by atoms with Crippen LogP contribution < -0.4 is 15.5 Å². The highest BCUT2D eigenvalue weighted by Crippen LogP contribution is 2.31.